The second-order valence-corrected chi connectivity index (χ2v) is 8.95. The number of rotatable bonds is 8. The summed E-state index contributed by atoms with van der Waals surface area (Å²) in [6, 6.07) is 9.91. The SMILES string of the molecule is CC(C)Oc1ccc(/C(O)=C2/C(=O)C(=O)N(CCCN(C)C)C2c2ccc(Cl)cc2)cc1F. The molecule has 1 atom stereocenters. The molecule has 0 spiro atoms. The van der Waals surface area contributed by atoms with Gasteiger partial charge in [-0.05, 0) is 76.8 Å². The molecule has 0 aliphatic carbocycles. The van der Waals surface area contributed by atoms with Gasteiger partial charge in [-0.2, -0.15) is 0 Å². The molecule has 2 aromatic rings. The number of Topliss-reactive ketones (excluding diaryl/α,β-unsaturated/α-hetero) is 1. The molecule has 0 saturated carbocycles. The van der Waals surface area contributed by atoms with Crippen LogP contribution in [0.4, 0.5) is 4.39 Å². The Hall–Kier alpha value is -2.90. The van der Waals surface area contributed by atoms with Crippen LogP contribution in [0.25, 0.3) is 5.76 Å². The Labute approximate surface area is 198 Å². The van der Waals surface area contributed by atoms with Crippen LogP contribution in [0.2, 0.25) is 5.02 Å². The molecule has 1 aliphatic rings. The first-order valence-corrected chi connectivity index (χ1v) is 11.1. The molecular weight excluding hydrogens is 447 g/mol. The molecule has 1 fully saturated rings. The number of benzene rings is 2. The summed E-state index contributed by atoms with van der Waals surface area (Å²) in [5, 5.41) is 11.6. The van der Waals surface area contributed by atoms with E-state index in [2.05, 4.69) is 0 Å². The maximum absolute atomic E-state index is 14.6. The van der Waals surface area contributed by atoms with Gasteiger partial charge < -0.3 is 19.6 Å². The second kappa shape index (κ2) is 10.4. The van der Waals surface area contributed by atoms with Crippen molar-refractivity contribution in [1.29, 1.82) is 0 Å². The maximum atomic E-state index is 14.6. The summed E-state index contributed by atoms with van der Waals surface area (Å²) in [5.41, 5.74) is 0.642. The van der Waals surface area contributed by atoms with Crippen molar-refractivity contribution in [3.63, 3.8) is 0 Å². The summed E-state index contributed by atoms with van der Waals surface area (Å²) >= 11 is 6.03. The zero-order valence-electron chi connectivity index (χ0n) is 19.1. The molecule has 176 valence electrons. The van der Waals surface area contributed by atoms with Crippen molar-refractivity contribution in [2.45, 2.75) is 32.4 Å². The molecular formula is C25H28ClFN2O4. The average Bonchev–Trinajstić information content (AvgIpc) is 2.99. The van der Waals surface area contributed by atoms with Crippen LogP contribution in [0.3, 0.4) is 0 Å². The van der Waals surface area contributed by atoms with Crippen LogP contribution in [0.5, 0.6) is 5.75 Å². The van der Waals surface area contributed by atoms with Gasteiger partial charge in [-0.3, -0.25) is 9.59 Å². The van der Waals surface area contributed by atoms with Gasteiger partial charge >= 0.3 is 0 Å². The minimum atomic E-state index is -0.806. The highest BCUT2D eigenvalue weighted by Crippen LogP contribution is 2.40. The first-order chi connectivity index (χ1) is 15.6. The molecule has 1 heterocycles. The number of aliphatic hydroxyl groups is 1. The first-order valence-electron chi connectivity index (χ1n) is 10.7. The Morgan fingerprint density at radius 1 is 1.18 bits per heavy atom. The molecule has 0 aromatic heterocycles. The lowest BCUT2D eigenvalue weighted by Gasteiger charge is -2.26. The van der Waals surface area contributed by atoms with Gasteiger partial charge in [0.15, 0.2) is 11.6 Å². The number of likely N-dealkylation sites (tertiary alicyclic amines) is 1. The van der Waals surface area contributed by atoms with E-state index in [9.17, 15) is 19.1 Å². The zero-order valence-corrected chi connectivity index (χ0v) is 19.9. The van der Waals surface area contributed by atoms with Crippen LogP contribution in [-0.2, 0) is 9.59 Å². The molecule has 1 N–H and O–H groups in total. The Bertz CT molecular complexity index is 1070. The van der Waals surface area contributed by atoms with Crippen molar-refractivity contribution in [3.05, 3.63) is 70.0 Å². The van der Waals surface area contributed by atoms with Crippen LogP contribution in [0.15, 0.2) is 48.0 Å². The highest BCUT2D eigenvalue weighted by atomic mass is 35.5. The lowest BCUT2D eigenvalue weighted by atomic mass is 9.95. The molecule has 3 rings (SSSR count). The van der Waals surface area contributed by atoms with Crippen LogP contribution in [0.1, 0.15) is 37.4 Å². The van der Waals surface area contributed by atoms with Crippen LogP contribution >= 0.6 is 11.6 Å². The number of halogens is 2. The van der Waals surface area contributed by atoms with Crippen molar-refractivity contribution in [1.82, 2.24) is 9.80 Å². The molecule has 6 nitrogen and oxygen atoms in total. The monoisotopic (exact) mass is 474 g/mol. The number of carbonyl (C=O) groups excluding carboxylic acids is 2. The van der Waals surface area contributed by atoms with E-state index in [1.54, 1.807) is 38.1 Å². The number of amides is 1. The fourth-order valence-electron chi connectivity index (χ4n) is 3.81. The van der Waals surface area contributed by atoms with Crippen LogP contribution in [-0.4, -0.2) is 59.9 Å². The van der Waals surface area contributed by atoms with E-state index < -0.39 is 29.3 Å². The summed E-state index contributed by atoms with van der Waals surface area (Å²) in [7, 11) is 3.85. The van der Waals surface area contributed by atoms with E-state index in [0.29, 0.717) is 23.6 Å². The molecule has 0 radical (unpaired) electrons. The molecule has 0 bridgehead atoms. The minimum absolute atomic E-state index is 0.0416. The molecule has 2 aromatic carbocycles. The third-order valence-corrected chi connectivity index (χ3v) is 5.55. The normalized spacial score (nSPS) is 17.9. The van der Waals surface area contributed by atoms with Crippen LogP contribution < -0.4 is 4.74 Å². The summed E-state index contributed by atoms with van der Waals surface area (Å²) in [6.07, 6.45) is 0.413. The van der Waals surface area contributed by atoms with Gasteiger partial charge in [0.1, 0.15) is 5.76 Å². The highest BCUT2D eigenvalue weighted by molar-refractivity contribution is 6.46. The van der Waals surface area contributed by atoms with Crippen molar-refractivity contribution in [2.24, 2.45) is 0 Å². The Morgan fingerprint density at radius 2 is 1.85 bits per heavy atom. The quantitative estimate of drug-likeness (QED) is 0.343. The zero-order chi connectivity index (χ0) is 24.3. The largest absolute Gasteiger partial charge is 0.507 e. The Balaban J connectivity index is 2.07. The van der Waals surface area contributed by atoms with Crippen molar-refractivity contribution >= 4 is 29.1 Å². The van der Waals surface area contributed by atoms with Crippen molar-refractivity contribution < 1.29 is 23.8 Å². The van der Waals surface area contributed by atoms with E-state index in [4.69, 9.17) is 16.3 Å². The standard InChI is InChI=1S/C25H28ClFN2O4/c1-15(2)33-20-11-8-17(14-19(20)27)23(30)21-22(16-6-9-18(26)10-7-16)29(25(32)24(21)31)13-5-12-28(3)4/h6-11,14-15,22,30H,5,12-13H2,1-4H3/b23-21-. The summed E-state index contributed by atoms with van der Waals surface area (Å²) in [5.74, 6) is -2.56. The third-order valence-electron chi connectivity index (χ3n) is 5.30. The van der Waals surface area contributed by atoms with E-state index in [1.165, 1.54) is 17.0 Å². The number of ketones is 1. The van der Waals surface area contributed by atoms with Crippen molar-refractivity contribution in [2.75, 3.05) is 27.2 Å². The number of carbonyl (C=O) groups is 2. The fraction of sp³-hybridized carbons (Fsp3) is 0.360. The lowest BCUT2D eigenvalue weighted by molar-refractivity contribution is -0.139. The number of nitrogens with zero attached hydrogens (tertiary/aromatic N) is 2. The Morgan fingerprint density at radius 3 is 2.42 bits per heavy atom. The summed E-state index contributed by atoms with van der Waals surface area (Å²) in [4.78, 5) is 29.4. The Kier molecular flexibility index (Phi) is 7.76. The van der Waals surface area contributed by atoms with E-state index in [1.807, 2.05) is 19.0 Å². The maximum Gasteiger partial charge on any atom is 0.295 e. The van der Waals surface area contributed by atoms with Gasteiger partial charge in [0.05, 0.1) is 17.7 Å². The fourth-order valence-corrected chi connectivity index (χ4v) is 3.94. The van der Waals surface area contributed by atoms with Gasteiger partial charge in [-0.25, -0.2) is 4.39 Å². The van der Waals surface area contributed by atoms with Crippen molar-refractivity contribution in [3.8, 4) is 5.75 Å². The van der Waals surface area contributed by atoms with Gasteiger partial charge in [-0.1, -0.05) is 23.7 Å². The first kappa shape index (κ1) is 24.7. The number of aliphatic hydroxyl groups excluding tert-OH is 1. The van der Waals surface area contributed by atoms with E-state index in [-0.39, 0.29) is 23.0 Å². The highest BCUT2D eigenvalue weighted by Gasteiger charge is 2.45. The predicted octanol–water partition coefficient (Wildman–Crippen LogP) is 4.64. The average molecular weight is 475 g/mol. The van der Waals surface area contributed by atoms with E-state index in [0.717, 1.165) is 12.6 Å². The summed E-state index contributed by atoms with van der Waals surface area (Å²) < 4.78 is 20.0. The molecule has 33 heavy (non-hydrogen) atoms. The van der Waals surface area contributed by atoms with Gasteiger partial charge in [0.25, 0.3) is 11.7 Å². The predicted molar refractivity (Wildman–Crippen MR) is 126 cm³/mol. The topological polar surface area (TPSA) is 70.1 Å². The molecule has 1 unspecified atom stereocenters. The van der Waals surface area contributed by atoms with E-state index >= 15 is 0 Å². The number of ether oxygens (including phenoxy) is 1. The molecule has 8 heteroatoms. The number of hydrogen-bond acceptors (Lipinski definition) is 5. The molecule has 1 aliphatic heterocycles. The van der Waals surface area contributed by atoms with Gasteiger partial charge in [0.2, 0.25) is 0 Å². The lowest BCUT2D eigenvalue weighted by Crippen LogP contribution is -2.32. The minimum Gasteiger partial charge on any atom is -0.507 e. The van der Waals surface area contributed by atoms with Gasteiger partial charge in [-0.15, -0.1) is 0 Å². The molecule has 1 amide bonds. The van der Waals surface area contributed by atoms with Crippen LogP contribution in [0, 0.1) is 5.82 Å². The second-order valence-electron chi connectivity index (χ2n) is 8.51. The summed E-state index contributed by atoms with van der Waals surface area (Å²) in [6.45, 7) is 4.59. The smallest absolute Gasteiger partial charge is 0.295 e. The third kappa shape index (κ3) is 5.54. The van der Waals surface area contributed by atoms with Gasteiger partial charge in [0, 0.05) is 17.1 Å². The molecule has 1 saturated heterocycles. The number of hydrogen-bond donors (Lipinski definition) is 1.